The molecule has 0 aliphatic rings. The van der Waals surface area contributed by atoms with Crippen LogP contribution < -0.4 is 11.2 Å². The smallest absolute Gasteiger partial charge is 0.322 e. The average molecular weight is 483 g/mol. The van der Waals surface area contributed by atoms with Crippen LogP contribution in [-0.4, -0.2) is 28.9 Å². The third-order valence-electron chi connectivity index (χ3n) is 6.60. The highest BCUT2D eigenvalue weighted by atomic mass is 16.2. The molecule has 2 aromatic carbocycles. The summed E-state index contributed by atoms with van der Waals surface area (Å²) in [4.78, 5) is 32.2. The minimum Gasteiger partial charge on any atom is -0.322 e. The monoisotopic (exact) mass is 482 g/mol. The molecular weight excluding hydrogens is 452 g/mol. The molecular formula is C28H30N6O2. The van der Waals surface area contributed by atoms with Gasteiger partial charge in [-0.3, -0.25) is 19.0 Å². The van der Waals surface area contributed by atoms with Gasteiger partial charge in [-0.15, -0.1) is 0 Å². The Bertz CT molecular complexity index is 1560. The summed E-state index contributed by atoms with van der Waals surface area (Å²) in [6.45, 7) is 5.32. The Morgan fingerprint density at radius 2 is 1.58 bits per heavy atom. The van der Waals surface area contributed by atoms with Gasteiger partial charge in [0.05, 0.1) is 11.6 Å². The van der Waals surface area contributed by atoms with Gasteiger partial charge < -0.3 is 4.57 Å². The van der Waals surface area contributed by atoms with Crippen molar-refractivity contribution >= 4 is 11.2 Å². The average Bonchev–Trinajstić information content (AvgIpc) is 3.57. The van der Waals surface area contributed by atoms with Gasteiger partial charge in [-0.05, 0) is 37.0 Å². The first kappa shape index (κ1) is 23.5. The lowest BCUT2D eigenvalue weighted by molar-refractivity contribution is 0.558. The van der Waals surface area contributed by atoms with Crippen LogP contribution in [0.4, 0.5) is 0 Å². The number of hydrogen-bond acceptors (Lipinski definition) is 4. The van der Waals surface area contributed by atoms with Crippen LogP contribution in [0.1, 0.15) is 48.8 Å². The molecule has 0 amide bonds. The van der Waals surface area contributed by atoms with Crippen LogP contribution in [0.25, 0.3) is 11.2 Å². The first-order valence-electron chi connectivity index (χ1n) is 12.5. The molecule has 3 aromatic heterocycles. The Hall–Kier alpha value is -4.20. The van der Waals surface area contributed by atoms with E-state index in [1.165, 1.54) is 4.57 Å². The molecule has 0 saturated carbocycles. The van der Waals surface area contributed by atoms with Gasteiger partial charge in [0.15, 0.2) is 11.2 Å². The zero-order chi connectivity index (χ0) is 25.1. The lowest BCUT2D eigenvalue weighted by Crippen LogP contribution is -2.41. The van der Waals surface area contributed by atoms with Crippen molar-refractivity contribution in [1.82, 2.24) is 28.9 Å². The second kappa shape index (κ2) is 10.2. The number of H-pyrrole nitrogens is 1. The van der Waals surface area contributed by atoms with E-state index in [0.717, 1.165) is 16.8 Å². The Morgan fingerprint density at radius 1 is 0.861 bits per heavy atom. The number of nitrogens with one attached hydrogen (secondary N) is 1. The lowest BCUT2D eigenvalue weighted by atomic mass is 9.95. The van der Waals surface area contributed by atoms with Crippen molar-refractivity contribution in [3.8, 4) is 0 Å². The third kappa shape index (κ3) is 4.19. The molecule has 184 valence electrons. The molecule has 1 N–H and O–H groups in total. The zero-order valence-electron chi connectivity index (χ0n) is 20.6. The van der Waals surface area contributed by atoms with Crippen LogP contribution >= 0.6 is 0 Å². The van der Waals surface area contributed by atoms with Crippen molar-refractivity contribution in [2.45, 2.75) is 52.2 Å². The normalized spacial score (nSPS) is 12.3. The van der Waals surface area contributed by atoms with Crippen LogP contribution in [0, 0.1) is 0 Å². The second-order valence-corrected chi connectivity index (χ2v) is 8.87. The number of nitrogens with zero attached hydrogens (tertiary/aromatic N) is 5. The Balaban J connectivity index is 1.76. The van der Waals surface area contributed by atoms with E-state index < -0.39 is 0 Å². The summed E-state index contributed by atoms with van der Waals surface area (Å²) in [5.74, 6) is 0.444. The van der Waals surface area contributed by atoms with Gasteiger partial charge in [-0.2, -0.15) is 5.10 Å². The van der Waals surface area contributed by atoms with E-state index in [9.17, 15) is 9.59 Å². The number of aryl methyl sites for hydroxylation is 3. The van der Waals surface area contributed by atoms with Crippen molar-refractivity contribution in [3.05, 3.63) is 116 Å². The highest BCUT2D eigenvalue weighted by Gasteiger charge is 2.28. The van der Waals surface area contributed by atoms with Crippen molar-refractivity contribution < 1.29 is 0 Å². The topological polar surface area (TPSA) is 90.5 Å². The van der Waals surface area contributed by atoms with Gasteiger partial charge in [0, 0.05) is 25.8 Å². The molecule has 5 aromatic rings. The molecule has 0 saturated heterocycles. The van der Waals surface area contributed by atoms with Crippen LogP contribution in [0.5, 0.6) is 0 Å². The molecule has 1 unspecified atom stereocenters. The Morgan fingerprint density at radius 3 is 2.22 bits per heavy atom. The molecule has 8 nitrogen and oxygen atoms in total. The quantitative estimate of drug-likeness (QED) is 0.345. The maximum Gasteiger partial charge on any atom is 0.332 e. The molecule has 3 heterocycles. The van der Waals surface area contributed by atoms with E-state index >= 15 is 0 Å². The van der Waals surface area contributed by atoms with E-state index in [1.54, 1.807) is 10.8 Å². The maximum absolute atomic E-state index is 13.7. The summed E-state index contributed by atoms with van der Waals surface area (Å²) < 4.78 is 4.99. The lowest BCUT2D eigenvalue weighted by Gasteiger charge is -2.17. The summed E-state index contributed by atoms with van der Waals surface area (Å²) >= 11 is 0. The predicted octanol–water partition coefficient (Wildman–Crippen LogP) is 3.94. The molecule has 8 heteroatoms. The van der Waals surface area contributed by atoms with Gasteiger partial charge in [-0.1, -0.05) is 67.6 Å². The second-order valence-electron chi connectivity index (χ2n) is 8.87. The maximum atomic E-state index is 13.7. The van der Waals surface area contributed by atoms with E-state index in [1.807, 2.05) is 85.1 Å². The van der Waals surface area contributed by atoms with E-state index in [-0.39, 0.29) is 17.2 Å². The summed E-state index contributed by atoms with van der Waals surface area (Å²) in [6, 6.07) is 22.0. The number of rotatable bonds is 9. The van der Waals surface area contributed by atoms with Gasteiger partial charge in [0.25, 0.3) is 5.56 Å². The summed E-state index contributed by atoms with van der Waals surface area (Å²) in [6.07, 6.45) is 3.07. The summed E-state index contributed by atoms with van der Waals surface area (Å²) in [7, 11) is 0. The molecule has 0 bridgehead atoms. The van der Waals surface area contributed by atoms with Crippen molar-refractivity contribution in [3.63, 3.8) is 0 Å². The third-order valence-corrected chi connectivity index (χ3v) is 6.60. The number of benzene rings is 2. The van der Waals surface area contributed by atoms with Crippen molar-refractivity contribution in [2.24, 2.45) is 0 Å². The van der Waals surface area contributed by atoms with Crippen LogP contribution in [-0.2, 0) is 26.1 Å². The predicted molar refractivity (Wildman–Crippen MR) is 140 cm³/mol. The standard InChI is InChI=1S/C28H30N6O2/c1-3-18-34-27(35)24-26(33(28(34)36)19-16-20-11-7-5-8-12-20)30-25(32(24)4-2)23(22-15-17-29-31-22)21-13-9-6-10-14-21/h5-15,17,23H,3-4,16,18-19H2,1-2H3,(H,29,31). The molecule has 0 aliphatic heterocycles. The minimum absolute atomic E-state index is 0.266. The molecule has 1 atom stereocenters. The van der Waals surface area contributed by atoms with Gasteiger partial charge in [-0.25, -0.2) is 9.78 Å². The van der Waals surface area contributed by atoms with Gasteiger partial charge >= 0.3 is 5.69 Å². The fraction of sp³-hybridized carbons (Fsp3) is 0.286. The van der Waals surface area contributed by atoms with Crippen molar-refractivity contribution in [1.29, 1.82) is 0 Å². The zero-order valence-corrected chi connectivity index (χ0v) is 20.6. The Kier molecular flexibility index (Phi) is 6.66. The SMILES string of the molecule is CCCn1c(=O)c2c(nc(C(c3ccccc3)c3ccn[nH]3)n2CC)n(CCc2ccccc2)c1=O. The first-order valence-corrected chi connectivity index (χ1v) is 12.5. The molecule has 5 rings (SSSR count). The van der Waals surface area contributed by atoms with E-state index in [4.69, 9.17) is 4.98 Å². The largest absolute Gasteiger partial charge is 0.332 e. The highest BCUT2D eigenvalue weighted by molar-refractivity contribution is 5.72. The van der Waals surface area contributed by atoms with Gasteiger partial charge in [0.2, 0.25) is 0 Å². The first-order chi connectivity index (χ1) is 17.6. The molecule has 36 heavy (non-hydrogen) atoms. The summed E-state index contributed by atoms with van der Waals surface area (Å²) in [5.41, 5.74) is 3.33. The Labute approximate surface area is 208 Å². The fourth-order valence-corrected chi connectivity index (χ4v) is 4.90. The van der Waals surface area contributed by atoms with Crippen LogP contribution in [0.15, 0.2) is 82.5 Å². The number of aromatic nitrogens is 6. The molecule has 0 radical (unpaired) electrons. The van der Waals surface area contributed by atoms with Crippen LogP contribution in [0.3, 0.4) is 0 Å². The molecule has 0 fully saturated rings. The number of hydrogen-bond donors (Lipinski definition) is 1. The van der Waals surface area contributed by atoms with Gasteiger partial charge in [0.1, 0.15) is 5.82 Å². The number of fused-ring (bicyclic) bond motifs is 1. The molecule has 0 spiro atoms. The highest BCUT2D eigenvalue weighted by Crippen LogP contribution is 2.31. The minimum atomic E-state index is -0.310. The molecule has 0 aliphatic carbocycles. The van der Waals surface area contributed by atoms with Crippen LogP contribution in [0.2, 0.25) is 0 Å². The number of aromatic amines is 1. The summed E-state index contributed by atoms with van der Waals surface area (Å²) in [5, 5.41) is 7.26. The van der Waals surface area contributed by atoms with Crippen molar-refractivity contribution in [2.75, 3.05) is 0 Å². The van der Waals surface area contributed by atoms with E-state index in [2.05, 4.69) is 10.2 Å². The fourth-order valence-electron chi connectivity index (χ4n) is 4.90. The van der Waals surface area contributed by atoms with E-state index in [0.29, 0.717) is 49.5 Å². The number of imidazole rings is 1.